The molecular weight excluding hydrogens is 554 g/mol. The van der Waals surface area contributed by atoms with Crippen LogP contribution in [-0.2, 0) is 19.6 Å². The Labute approximate surface area is 247 Å². The number of hydrogen-bond donors (Lipinski definition) is 1. The van der Waals surface area contributed by atoms with Crippen LogP contribution >= 0.6 is 0 Å². The maximum atomic E-state index is 15.0. The molecular formula is C32H34F2N6O3. The Bertz CT molecular complexity index is 1740. The molecule has 1 aromatic carbocycles. The fourth-order valence-corrected chi connectivity index (χ4v) is 6.76. The van der Waals surface area contributed by atoms with Crippen molar-refractivity contribution >= 4 is 22.4 Å². The monoisotopic (exact) mass is 588 g/mol. The molecule has 1 atom stereocenters. The minimum atomic E-state index is -1.07. The molecule has 1 saturated heterocycles. The Morgan fingerprint density at radius 3 is 2.77 bits per heavy atom. The Morgan fingerprint density at radius 1 is 1.16 bits per heavy atom. The summed E-state index contributed by atoms with van der Waals surface area (Å²) in [6, 6.07) is 8.75. The van der Waals surface area contributed by atoms with Gasteiger partial charge in [0.05, 0.1) is 36.4 Å². The van der Waals surface area contributed by atoms with E-state index in [9.17, 15) is 13.6 Å². The number of aromatic nitrogens is 3. The molecule has 9 nitrogen and oxygen atoms in total. The standard InChI is InChI=1S/C32H34F2N6O3/c1-42-27-12-20(7-10-36-27)15-39(23-4-2-11-38(18-23)22-5-6-26(35)37-14-22)16-21-17-40-19-32(8-3-9-32)43-31-28(34)25(33)13-24(29(31)40)30(21)41/h5-7,10,12-14,17,23H,2-4,8-9,11,15-16,18-19H2,1H3,(H2,35,37)/t23-/m0/s1. The van der Waals surface area contributed by atoms with Gasteiger partial charge in [0.2, 0.25) is 11.7 Å². The van der Waals surface area contributed by atoms with Gasteiger partial charge in [-0.15, -0.1) is 0 Å². The van der Waals surface area contributed by atoms with Gasteiger partial charge in [-0.1, -0.05) is 0 Å². The predicted molar refractivity (Wildman–Crippen MR) is 159 cm³/mol. The van der Waals surface area contributed by atoms with Gasteiger partial charge in [0, 0.05) is 56.2 Å². The van der Waals surface area contributed by atoms with E-state index in [0.29, 0.717) is 42.4 Å². The van der Waals surface area contributed by atoms with Crippen LogP contribution in [0.3, 0.4) is 0 Å². The second-order valence-corrected chi connectivity index (χ2v) is 11.9. The van der Waals surface area contributed by atoms with E-state index in [2.05, 4.69) is 19.8 Å². The van der Waals surface area contributed by atoms with Crippen LogP contribution in [0.1, 0.15) is 43.2 Å². The van der Waals surface area contributed by atoms with Crippen LogP contribution in [-0.4, -0.2) is 51.3 Å². The summed E-state index contributed by atoms with van der Waals surface area (Å²) in [5.41, 5.74) is 7.81. The average Bonchev–Trinajstić information content (AvgIpc) is 3.01. The van der Waals surface area contributed by atoms with Gasteiger partial charge >= 0.3 is 0 Å². The lowest BCUT2D eigenvalue weighted by Crippen LogP contribution is -2.50. The highest BCUT2D eigenvalue weighted by molar-refractivity contribution is 5.86. The summed E-state index contributed by atoms with van der Waals surface area (Å²) in [5.74, 6) is -1.26. The molecule has 0 unspecified atom stereocenters. The maximum Gasteiger partial charge on any atom is 0.213 e. The number of nitrogen functional groups attached to an aromatic ring is 1. The summed E-state index contributed by atoms with van der Waals surface area (Å²) < 4.78 is 43.1. The Kier molecular flexibility index (Phi) is 6.92. The predicted octanol–water partition coefficient (Wildman–Crippen LogP) is 4.65. The summed E-state index contributed by atoms with van der Waals surface area (Å²) >= 11 is 0. The van der Waals surface area contributed by atoms with E-state index in [1.54, 1.807) is 25.6 Å². The molecule has 5 heterocycles. The van der Waals surface area contributed by atoms with Crippen molar-refractivity contribution in [3.8, 4) is 11.6 Å². The van der Waals surface area contributed by atoms with Crippen molar-refractivity contribution in [2.75, 3.05) is 30.8 Å². The number of nitrogens with two attached hydrogens (primary N) is 1. The number of anilines is 2. The molecule has 224 valence electrons. The topological polar surface area (TPSA) is 98.7 Å². The molecule has 7 rings (SSSR count). The van der Waals surface area contributed by atoms with Crippen molar-refractivity contribution in [3.05, 3.63) is 81.9 Å². The minimum Gasteiger partial charge on any atom is -0.481 e. The third-order valence-electron chi connectivity index (χ3n) is 9.14. The van der Waals surface area contributed by atoms with Crippen LogP contribution in [0, 0.1) is 11.6 Å². The highest BCUT2D eigenvalue weighted by Gasteiger charge is 2.44. The molecule has 0 radical (unpaired) electrons. The molecule has 1 saturated carbocycles. The van der Waals surface area contributed by atoms with Gasteiger partial charge in [0.15, 0.2) is 17.0 Å². The first-order valence-corrected chi connectivity index (χ1v) is 14.7. The quantitative estimate of drug-likeness (QED) is 0.333. The number of benzene rings is 1. The number of rotatable bonds is 7. The van der Waals surface area contributed by atoms with E-state index in [0.717, 1.165) is 62.5 Å². The number of pyridine rings is 3. The molecule has 11 heteroatoms. The number of piperidine rings is 1. The van der Waals surface area contributed by atoms with Crippen LogP contribution in [0.5, 0.6) is 11.6 Å². The van der Waals surface area contributed by atoms with Crippen LogP contribution in [0.25, 0.3) is 10.9 Å². The van der Waals surface area contributed by atoms with Crippen LogP contribution in [0.2, 0.25) is 0 Å². The van der Waals surface area contributed by atoms with E-state index >= 15 is 0 Å². The second kappa shape index (κ2) is 10.8. The molecule has 0 amide bonds. The van der Waals surface area contributed by atoms with Crippen LogP contribution < -0.4 is 25.5 Å². The Hall–Kier alpha value is -4.25. The summed E-state index contributed by atoms with van der Waals surface area (Å²) in [7, 11) is 1.58. The third-order valence-corrected chi connectivity index (χ3v) is 9.14. The Morgan fingerprint density at radius 2 is 2.02 bits per heavy atom. The van der Waals surface area contributed by atoms with Crippen molar-refractivity contribution in [1.29, 1.82) is 0 Å². The number of methoxy groups -OCH3 is 1. The molecule has 4 aromatic rings. The summed E-state index contributed by atoms with van der Waals surface area (Å²) in [6.45, 7) is 3.00. The first kappa shape index (κ1) is 27.6. The minimum absolute atomic E-state index is 0.101. The van der Waals surface area contributed by atoms with E-state index in [-0.39, 0.29) is 22.6 Å². The second-order valence-electron chi connectivity index (χ2n) is 11.9. The van der Waals surface area contributed by atoms with E-state index in [1.807, 2.05) is 29.0 Å². The van der Waals surface area contributed by atoms with Gasteiger partial charge in [-0.2, -0.15) is 4.39 Å². The zero-order valence-corrected chi connectivity index (χ0v) is 24.1. The third kappa shape index (κ3) is 5.05. The lowest BCUT2D eigenvalue weighted by molar-refractivity contribution is -0.0316. The normalized spacial score (nSPS) is 19.0. The molecule has 0 bridgehead atoms. The van der Waals surface area contributed by atoms with Crippen LogP contribution in [0.4, 0.5) is 20.3 Å². The fraction of sp³-hybridized carbons (Fsp3) is 0.406. The summed E-state index contributed by atoms with van der Waals surface area (Å²) in [5, 5.41) is 0.143. The van der Waals surface area contributed by atoms with Gasteiger partial charge in [-0.3, -0.25) is 9.69 Å². The van der Waals surface area contributed by atoms with Gasteiger partial charge in [0.1, 0.15) is 11.4 Å². The fourth-order valence-electron chi connectivity index (χ4n) is 6.76. The first-order valence-electron chi connectivity index (χ1n) is 14.7. The van der Waals surface area contributed by atoms with Gasteiger partial charge in [0.25, 0.3) is 0 Å². The van der Waals surface area contributed by atoms with Crippen molar-refractivity contribution in [2.24, 2.45) is 0 Å². The maximum absolute atomic E-state index is 15.0. The zero-order chi connectivity index (χ0) is 29.7. The van der Waals surface area contributed by atoms with Gasteiger partial charge in [-0.05, 0) is 61.9 Å². The van der Waals surface area contributed by atoms with Crippen molar-refractivity contribution in [3.63, 3.8) is 0 Å². The summed E-state index contributed by atoms with van der Waals surface area (Å²) in [6.07, 6.45) is 9.72. The molecule has 3 aliphatic rings. The first-order chi connectivity index (χ1) is 20.8. The lowest BCUT2D eigenvalue weighted by atomic mass is 9.79. The SMILES string of the molecule is COc1cc(CN(Cc2cn3c4c(c(F)c(F)cc4c2=O)OC2(CCC2)C3)[C@H]2CCCN(c3ccc(N)nc3)C2)ccn1. The number of ether oxygens (including phenoxy) is 2. The highest BCUT2D eigenvalue weighted by atomic mass is 19.2. The van der Waals surface area contributed by atoms with E-state index in [4.69, 9.17) is 15.2 Å². The molecule has 43 heavy (non-hydrogen) atoms. The largest absolute Gasteiger partial charge is 0.481 e. The molecule has 2 fully saturated rings. The van der Waals surface area contributed by atoms with Gasteiger partial charge < -0.3 is 24.7 Å². The number of nitrogens with zero attached hydrogens (tertiary/aromatic N) is 5. The smallest absolute Gasteiger partial charge is 0.213 e. The number of halogens is 2. The molecule has 1 aliphatic carbocycles. The van der Waals surface area contributed by atoms with Crippen molar-refractivity contribution in [2.45, 2.75) is 63.4 Å². The molecule has 1 spiro atoms. The number of hydrogen-bond acceptors (Lipinski definition) is 8. The summed E-state index contributed by atoms with van der Waals surface area (Å²) in [4.78, 5) is 27.0. The van der Waals surface area contributed by atoms with E-state index < -0.39 is 17.2 Å². The average molecular weight is 589 g/mol. The highest BCUT2D eigenvalue weighted by Crippen LogP contribution is 2.45. The van der Waals surface area contributed by atoms with Crippen molar-refractivity contribution < 1.29 is 18.3 Å². The molecule has 2 aliphatic heterocycles. The lowest BCUT2D eigenvalue weighted by Gasteiger charge is -2.45. The zero-order valence-electron chi connectivity index (χ0n) is 24.1. The van der Waals surface area contributed by atoms with Crippen molar-refractivity contribution in [1.82, 2.24) is 19.4 Å². The van der Waals surface area contributed by atoms with Crippen LogP contribution in [0.15, 0.2) is 53.7 Å². The van der Waals surface area contributed by atoms with Gasteiger partial charge in [-0.25, -0.2) is 14.4 Å². The molecule has 3 aromatic heterocycles. The Balaban J connectivity index is 1.27. The molecule has 2 N–H and O–H groups in total. The van der Waals surface area contributed by atoms with E-state index in [1.165, 1.54) is 0 Å².